The number of para-hydroxylation sites is 1. The molecule has 1 aromatic rings. The molecule has 0 spiro atoms. The Balaban J connectivity index is 2.48. The van der Waals surface area contributed by atoms with E-state index in [2.05, 4.69) is 10.8 Å². The number of aryl methyl sites for hydroxylation is 1. The number of rotatable bonds is 3. The van der Waals surface area contributed by atoms with E-state index in [-0.39, 0.29) is 12.1 Å². The predicted molar refractivity (Wildman–Crippen MR) is 59.6 cm³/mol. The highest BCUT2D eigenvalue weighted by atomic mass is 16.7. The molecule has 0 aliphatic rings. The number of carbonyl (C=O) groups is 1. The van der Waals surface area contributed by atoms with Crippen LogP contribution in [-0.2, 0) is 4.84 Å². The van der Waals surface area contributed by atoms with Gasteiger partial charge in [0.1, 0.15) is 0 Å². The van der Waals surface area contributed by atoms with E-state index in [1.54, 1.807) is 0 Å². The third kappa shape index (κ3) is 3.99. The van der Waals surface area contributed by atoms with E-state index >= 15 is 0 Å². The molecule has 82 valence electrons. The molecule has 4 heteroatoms. The molecule has 0 aliphatic heterocycles. The van der Waals surface area contributed by atoms with Gasteiger partial charge in [0.15, 0.2) is 0 Å². The zero-order chi connectivity index (χ0) is 11.3. The Labute approximate surface area is 89.6 Å². The van der Waals surface area contributed by atoms with Crippen molar-refractivity contribution in [2.24, 2.45) is 0 Å². The lowest BCUT2D eigenvalue weighted by atomic mass is 10.2. The van der Waals surface area contributed by atoms with Gasteiger partial charge >= 0.3 is 6.03 Å². The van der Waals surface area contributed by atoms with E-state index in [9.17, 15) is 4.79 Å². The second-order valence-electron chi connectivity index (χ2n) is 3.54. The minimum Gasteiger partial charge on any atom is -0.306 e. The summed E-state index contributed by atoms with van der Waals surface area (Å²) in [6, 6.07) is 7.19. The van der Waals surface area contributed by atoms with Gasteiger partial charge in [0.25, 0.3) is 0 Å². The molecule has 0 radical (unpaired) electrons. The van der Waals surface area contributed by atoms with Crippen molar-refractivity contribution in [2.45, 2.75) is 26.9 Å². The van der Waals surface area contributed by atoms with Gasteiger partial charge in [0, 0.05) is 5.69 Å². The zero-order valence-corrected chi connectivity index (χ0v) is 9.20. The van der Waals surface area contributed by atoms with Crippen LogP contribution in [0.15, 0.2) is 24.3 Å². The van der Waals surface area contributed by atoms with E-state index in [0.29, 0.717) is 0 Å². The first-order valence-electron chi connectivity index (χ1n) is 4.88. The molecule has 0 aromatic heterocycles. The van der Waals surface area contributed by atoms with Gasteiger partial charge in [-0.2, -0.15) is 0 Å². The van der Waals surface area contributed by atoms with Gasteiger partial charge in [0.2, 0.25) is 0 Å². The minimum atomic E-state index is -0.363. The van der Waals surface area contributed by atoms with Crippen molar-refractivity contribution in [2.75, 3.05) is 5.32 Å². The maximum Gasteiger partial charge on any atom is 0.343 e. The summed E-state index contributed by atoms with van der Waals surface area (Å²) in [4.78, 5) is 16.3. The SMILES string of the molecule is Cc1ccccc1NC(=O)NOC(C)C. The topological polar surface area (TPSA) is 50.4 Å². The molecule has 1 rings (SSSR count). The smallest absolute Gasteiger partial charge is 0.306 e. The van der Waals surface area contributed by atoms with Crippen LogP contribution < -0.4 is 10.8 Å². The fourth-order valence-electron chi connectivity index (χ4n) is 1.03. The molecule has 4 nitrogen and oxygen atoms in total. The van der Waals surface area contributed by atoms with Crippen LogP contribution in [0.25, 0.3) is 0 Å². The number of anilines is 1. The highest BCUT2D eigenvalue weighted by Crippen LogP contribution is 2.12. The summed E-state index contributed by atoms with van der Waals surface area (Å²) in [5.41, 5.74) is 4.10. The van der Waals surface area contributed by atoms with Crippen LogP contribution in [0.2, 0.25) is 0 Å². The summed E-state index contributed by atoms with van der Waals surface area (Å²) >= 11 is 0. The first-order chi connectivity index (χ1) is 7.09. The van der Waals surface area contributed by atoms with Crippen LogP contribution in [-0.4, -0.2) is 12.1 Å². The first kappa shape index (κ1) is 11.5. The molecule has 0 saturated heterocycles. The number of hydrogen-bond acceptors (Lipinski definition) is 2. The Bertz CT molecular complexity index is 337. The molecular weight excluding hydrogens is 192 g/mol. The summed E-state index contributed by atoms with van der Waals surface area (Å²) < 4.78 is 0. The highest BCUT2D eigenvalue weighted by molar-refractivity contribution is 5.89. The second-order valence-corrected chi connectivity index (χ2v) is 3.54. The van der Waals surface area contributed by atoms with Crippen LogP contribution in [0.3, 0.4) is 0 Å². The predicted octanol–water partition coefficient (Wildman–Crippen LogP) is 2.46. The quantitative estimate of drug-likeness (QED) is 0.750. The van der Waals surface area contributed by atoms with E-state index in [1.165, 1.54) is 0 Å². The van der Waals surface area contributed by atoms with E-state index < -0.39 is 0 Å². The highest BCUT2D eigenvalue weighted by Gasteiger charge is 2.03. The van der Waals surface area contributed by atoms with Crippen molar-refractivity contribution in [1.82, 2.24) is 5.48 Å². The molecule has 0 fully saturated rings. The number of amides is 2. The molecular formula is C11H16N2O2. The molecule has 0 unspecified atom stereocenters. The molecule has 0 aliphatic carbocycles. The van der Waals surface area contributed by atoms with Crippen molar-refractivity contribution in [1.29, 1.82) is 0 Å². The van der Waals surface area contributed by atoms with Crippen LogP contribution in [0.4, 0.5) is 10.5 Å². The monoisotopic (exact) mass is 208 g/mol. The maximum atomic E-state index is 11.3. The Morgan fingerprint density at radius 3 is 2.60 bits per heavy atom. The Hall–Kier alpha value is -1.55. The lowest BCUT2D eigenvalue weighted by Gasteiger charge is -2.11. The number of benzene rings is 1. The van der Waals surface area contributed by atoms with Gasteiger partial charge < -0.3 is 5.32 Å². The Kier molecular flexibility index (Phi) is 4.12. The van der Waals surface area contributed by atoms with Gasteiger partial charge in [-0.15, -0.1) is 0 Å². The molecule has 2 N–H and O–H groups in total. The number of carbonyl (C=O) groups excluding carboxylic acids is 1. The fourth-order valence-corrected chi connectivity index (χ4v) is 1.03. The maximum absolute atomic E-state index is 11.3. The zero-order valence-electron chi connectivity index (χ0n) is 9.20. The summed E-state index contributed by atoms with van der Waals surface area (Å²) in [6.45, 7) is 5.61. The van der Waals surface area contributed by atoms with Crippen molar-refractivity contribution in [3.63, 3.8) is 0 Å². The standard InChI is InChI=1S/C11H16N2O2/c1-8(2)15-13-11(14)12-10-7-5-4-6-9(10)3/h4-8H,1-3H3,(H2,12,13,14). The van der Waals surface area contributed by atoms with E-state index in [1.807, 2.05) is 45.0 Å². The van der Waals surface area contributed by atoms with Gasteiger partial charge in [-0.3, -0.25) is 4.84 Å². The first-order valence-corrected chi connectivity index (χ1v) is 4.88. The molecule has 15 heavy (non-hydrogen) atoms. The Morgan fingerprint density at radius 2 is 2.00 bits per heavy atom. The molecule has 0 bridgehead atoms. The average molecular weight is 208 g/mol. The summed E-state index contributed by atoms with van der Waals surface area (Å²) in [5, 5.41) is 2.69. The van der Waals surface area contributed by atoms with Gasteiger partial charge in [-0.1, -0.05) is 18.2 Å². The van der Waals surface area contributed by atoms with E-state index in [0.717, 1.165) is 11.3 Å². The second kappa shape index (κ2) is 5.36. The average Bonchev–Trinajstić information content (AvgIpc) is 2.18. The van der Waals surface area contributed by atoms with Crippen LogP contribution in [0, 0.1) is 6.92 Å². The molecule has 0 heterocycles. The number of urea groups is 1. The van der Waals surface area contributed by atoms with Crippen LogP contribution in [0.1, 0.15) is 19.4 Å². The molecule has 1 aromatic carbocycles. The fraction of sp³-hybridized carbons (Fsp3) is 0.364. The number of hydroxylamine groups is 1. The number of hydrogen-bond donors (Lipinski definition) is 2. The van der Waals surface area contributed by atoms with Gasteiger partial charge in [-0.25, -0.2) is 10.3 Å². The summed E-state index contributed by atoms with van der Waals surface area (Å²) in [5.74, 6) is 0. The molecule has 0 saturated carbocycles. The third-order valence-electron chi connectivity index (χ3n) is 1.78. The molecule has 2 amide bonds. The van der Waals surface area contributed by atoms with Crippen LogP contribution >= 0.6 is 0 Å². The molecule has 0 atom stereocenters. The van der Waals surface area contributed by atoms with Crippen molar-refractivity contribution in [3.05, 3.63) is 29.8 Å². The van der Waals surface area contributed by atoms with Crippen molar-refractivity contribution < 1.29 is 9.63 Å². The largest absolute Gasteiger partial charge is 0.343 e. The van der Waals surface area contributed by atoms with Crippen molar-refractivity contribution >= 4 is 11.7 Å². The summed E-state index contributed by atoms with van der Waals surface area (Å²) in [7, 11) is 0. The van der Waals surface area contributed by atoms with Crippen molar-refractivity contribution in [3.8, 4) is 0 Å². The minimum absolute atomic E-state index is 0.0346. The van der Waals surface area contributed by atoms with Gasteiger partial charge in [-0.05, 0) is 32.4 Å². The summed E-state index contributed by atoms with van der Waals surface area (Å²) in [6.07, 6.45) is -0.0346. The third-order valence-corrected chi connectivity index (χ3v) is 1.78. The van der Waals surface area contributed by atoms with E-state index in [4.69, 9.17) is 4.84 Å². The van der Waals surface area contributed by atoms with Gasteiger partial charge in [0.05, 0.1) is 6.10 Å². The lowest BCUT2D eigenvalue weighted by Crippen LogP contribution is -2.31. The lowest BCUT2D eigenvalue weighted by molar-refractivity contribution is 0.0199. The van der Waals surface area contributed by atoms with Crippen LogP contribution in [0.5, 0.6) is 0 Å². The number of nitrogens with one attached hydrogen (secondary N) is 2. The normalized spacial score (nSPS) is 10.1. The Morgan fingerprint density at radius 1 is 1.33 bits per heavy atom.